The molecule has 4 heteroatoms. The number of ether oxygens (including phenoxy) is 1. The van der Waals surface area contributed by atoms with Crippen molar-refractivity contribution in [3.8, 4) is 5.75 Å². The third-order valence-corrected chi connectivity index (χ3v) is 4.50. The van der Waals surface area contributed by atoms with Gasteiger partial charge in [-0.3, -0.25) is 4.99 Å². The second-order valence-corrected chi connectivity index (χ2v) is 6.33. The van der Waals surface area contributed by atoms with Crippen molar-refractivity contribution >= 4 is 5.96 Å². The Balaban J connectivity index is 1.85. The van der Waals surface area contributed by atoms with E-state index < -0.39 is 0 Å². The first-order chi connectivity index (χ1) is 10.6. The van der Waals surface area contributed by atoms with Crippen LogP contribution in [-0.2, 0) is 6.54 Å². The van der Waals surface area contributed by atoms with E-state index in [-0.39, 0.29) is 0 Å². The number of guanidine groups is 1. The fourth-order valence-corrected chi connectivity index (χ4v) is 3.03. The predicted octanol–water partition coefficient (Wildman–Crippen LogP) is 3.25. The summed E-state index contributed by atoms with van der Waals surface area (Å²) in [6.07, 6.45) is 5.10. The number of nitrogens with zero attached hydrogens (tertiary/aromatic N) is 1. The van der Waals surface area contributed by atoms with Gasteiger partial charge in [0, 0.05) is 19.6 Å². The van der Waals surface area contributed by atoms with E-state index in [1.807, 2.05) is 13.1 Å². The van der Waals surface area contributed by atoms with Crippen LogP contribution in [0, 0.1) is 12.8 Å². The zero-order valence-electron chi connectivity index (χ0n) is 14.3. The van der Waals surface area contributed by atoms with Crippen molar-refractivity contribution in [2.24, 2.45) is 10.9 Å². The van der Waals surface area contributed by atoms with Crippen LogP contribution >= 0.6 is 0 Å². The minimum Gasteiger partial charge on any atom is -0.496 e. The number of aliphatic imine (C=N–C) groups is 1. The van der Waals surface area contributed by atoms with Gasteiger partial charge >= 0.3 is 0 Å². The van der Waals surface area contributed by atoms with Crippen LogP contribution in [0.25, 0.3) is 0 Å². The normalized spacial score (nSPS) is 22.3. The maximum absolute atomic E-state index is 5.30. The van der Waals surface area contributed by atoms with Crippen molar-refractivity contribution in [3.63, 3.8) is 0 Å². The first-order valence-corrected chi connectivity index (χ1v) is 8.23. The number of nitrogens with one attached hydrogen (secondary N) is 2. The lowest BCUT2D eigenvalue weighted by Gasteiger charge is -2.28. The fraction of sp³-hybridized carbons (Fsp3) is 0.611. The van der Waals surface area contributed by atoms with Crippen LogP contribution in [0.2, 0.25) is 0 Å². The van der Waals surface area contributed by atoms with Gasteiger partial charge in [0.2, 0.25) is 0 Å². The fourth-order valence-electron chi connectivity index (χ4n) is 3.03. The van der Waals surface area contributed by atoms with E-state index in [0.29, 0.717) is 6.04 Å². The van der Waals surface area contributed by atoms with E-state index in [2.05, 4.69) is 41.6 Å². The van der Waals surface area contributed by atoms with Gasteiger partial charge in [-0.1, -0.05) is 19.1 Å². The molecule has 2 N–H and O–H groups in total. The van der Waals surface area contributed by atoms with Crippen molar-refractivity contribution in [3.05, 3.63) is 29.3 Å². The van der Waals surface area contributed by atoms with Crippen LogP contribution in [-0.4, -0.2) is 26.2 Å². The predicted molar refractivity (Wildman–Crippen MR) is 92.5 cm³/mol. The topological polar surface area (TPSA) is 45.7 Å². The highest BCUT2D eigenvalue weighted by Gasteiger charge is 2.18. The highest BCUT2D eigenvalue weighted by atomic mass is 16.5. The highest BCUT2D eigenvalue weighted by Crippen LogP contribution is 2.23. The van der Waals surface area contributed by atoms with Crippen LogP contribution in [0.5, 0.6) is 5.75 Å². The molecule has 0 radical (unpaired) electrons. The lowest BCUT2D eigenvalue weighted by molar-refractivity contribution is 0.329. The molecule has 0 atom stereocenters. The van der Waals surface area contributed by atoms with Crippen molar-refractivity contribution in [1.82, 2.24) is 10.6 Å². The Hall–Kier alpha value is -1.71. The van der Waals surface area contributed by atoms with Crippen LogP contribution in [0.3, 0.4) is 0 Å². The molecule has 0 saturated heterocycles. The van der Waals surface area contributed by atoms with Gasteiger partial charge in [0.25, 0.3) is 0 Å². The van der Waals surface area contributed by atoms with Crippen LogP contribution in [0.4, 0.5) is 0 Å². The quantitative estimate of drug-likeness (QED) is 0.663. The molecule has 2 rings (SSSR count). The average Bonchev–Trinajstić information content (AvgIpc) is 2.53. The molecule has 1 aliphatic carbocycles. The molecular weight excluding hydrogens is 274 g/mol. The summed E-state index contributed by atoms with van der Waals surface area (Å²) in [5, 5.41) is 6.95. The van der Waals surface area contributed by atoms with Gasteiger partial charge in [-0.15, -0.1) is 0 Å². The Morgan fingerprint density at radius 2 is 2.00 bits per heavy atom. The largest absolute Gasteiger partial charge is 0.496 e. The van der Waals surface area contributed by atoms with Crippen LogP contribution in [0.15, 0.2) is 23.2 Å². The Morgan fingerprint density at radius 3 is 2.59 bits per heavy atom. The van der Waals surface area contributed by atoms with E-state index in [4.69, 9.17) is 4.74 Å². The van der Waals surface area contributed by atoms with Crippen LogP contribution in [0.1, 0.15) is 43.7 Å². The second-order valence-electron chi connectivity index (χ2n) is 6.33. The molecule has 1 aromatic carbocycles. The summed E-state index contributed by atoms with van der Waals surface area (Å²) in [6.45, 7) is 5.18. The number of hydrogen-bond acceptors (Lipinski definition) is 2. The van der Waals surface area contributed by atoms with Gasteiger partial charge in [0.15, 0.2) is 5.96 Å². The molecule has 0 heterocycles. The van der Waals surface area contributed by atoms with Gasteiger partial charge in [-0.05, 0) is 55.7 Å². The summed E-state index contributed by atoms with van der Waals surface area (Å²) in [5.74, 6) is 2.70. The van der Waals surface area contributed by atoms with Gasteiger partial charge in [-0.25, -0.2) is 0 Å². The standard InChI is InChI=1S/C18H29N3O/c1-13-5-8-16(9-6-13)21-18(19-3)20-12-15-7-10-17(22-4)14(2)11-15/h7,10-11,13,16H,5-6,8-9,12H2,1-4H3,(H2,19,20,21). The SMILES string of the molecule is CN=C(NCc1ccc(OC)c(C)c1)NC1CCC(C)CC1. The maximum Gasteiger partial charge on any atom is 0.191 e. The van der Waals surface area contributed by atoms with E-state index in [1.165, 1.54) is 31.2 Å². The van der Waals surface area contributed by atoms with E-state index in [9.17, 15) is 0 Å². The van der Waals surface area contributed by atoms with E-state index in [1.54, 1.807) is 7.11 Å². The molecule has 1 aromatic rings. The number of rotatable bonds is 4. The zero-order valence-corrected chi connectivity index (χ0v) is 14.3. The molecule has 22 heavy (non-hydrogen) atoms. The maximum atomic E-state index is 5.30. The highest BCUT2D eigenvalue weighted by molar-refractivity contribution is 5.79. The Morgan fingerprint density at radius 1 is 1.27 bits per heavy atom. The first-order valence-electron chi connectivity index (χ1n) is 8.23. The molecule has 0 amide bonds. The van der Waals surface area contributed by atoms with Gasteiger partial charge < -0.3 is 15.4 Å². The summed E-state index contributed by atoms with van der Waals surface area (Å²) >= 11 is 0. The zero-order chi connectivity index (χ0) is 15.9. The van der Waals surface area contributed by atoms with E-state index >= 15 is 0 Å². The molecule has 1 aliphatic rings. The molecule has 0 aliphatic heterocycles. The average molecular weight is 303 g/mol. The molecule has 4 nitrogen and oxygen atoms in total. The lowest BCUT2D eigenvalue weighted by Crippen LogP contribution is -2.44. The monoisotopic (exact) mass is 303 g/mol. The Bertz CT molecular complexity index is 505. The summed E-state index contributed by atoms with van der Waals surface area (Å²) in [5.41, 5.74) is 2.39. The number of methoxy groups -OCH3 is 1. The van der Waals surface area contributed by atoms with Gasteiger partial charge in [0.1, 0.15) is 5.75 Å². The van der Waals surface area contributed by atoms with Crippen molar-refractivity contribution < 1.29 is 4.74 Å². The first kappa shape index (κ1) is 16.7. The minimum atomic E-state index is 0.556. The smallest absolute Gasteiger partial charge is 0.191 e. The summed E-state index contributed by atoms with van der Waals surface area (Å²) in [4.78, 5) is 4.34. The molecule has 0 spiro atoms. The molecule has 1 saturated carbocycles. The van der Waals surface area contributed by atoms with Gasteiger partial charge in [0.05, 0.1) is 7.11 Å². The Labute approximate surface area is 134 Å². The van der Waals surface area contributed by atoms with Crippen molar-refractivity contribution in [1.29, 1.82) is 0 Å². The number of hydrogen-bond donors (Lipinski definition) is 2. The molecule has 0 unspecified atom stereocenters. The summed E-state index contributed by atoms with van der Waals surface area (Å²) in [7, 11) is 3.54. The lowest BCUT2D eigenvalue weighted by atomic mass is 9.87. The molecule has 1 fully saturated rings. The molecule has 0 aromatic heterocycles. The molecule has 122 valence electrons. The van der Waals surface area contributed by atoms with E-state index in [0.717, 1.165) is 29.7 Å². The molecular formula is C18H29N3O. The van der Waals surface area contributed by atoms with Gasteiger partial charge in [-0.2, -0.15) is 0 Å². The Kier molecular flexibility index (Phi) is 6.10. The third-order valence-electron chi connectivity index (χ3n) is 4.50. The minimum absolute atomic E-state index is 0.556. The number of benzene rings is 1. The van der Waals surface area contributed by atoms with Crippen molar-refractivity contribution in [2.75, 3.05) is 14.2 Å². The molecule has 0 bridgehead atoms. The van der Waals surface area contributed by atoms with Crippen molar-refractivity contribution in [2.45, 2.75) is 52.1 Å². The summed E-state index contributed by atoms with van der Waals surface area (Å²) in [6, 6.07) is 6.82. The second kappa shape index (κ2) is 8.06. The number of aryl methyl sites for hydroxylation is 1. The van der Waals surface area contributed by atoms with Crippen LogP contribution < -0.4 is 15.4 Å². The summed E-state index contributed by atoms with van der Waals surface area (Å²) < 4.78 is 5.30. The third kappa shape index (κ3) is 4.65.